The van der Waals surface area contributed by atoms with Gasteiger partial charge in [0.1, 0.15) is 11.8 Å². The Balaban J connectivity index is 1.41. The smallest absolute Gasteiger partial charge is 0.243 e. The molecule has 1 aliphatic heterocycles. The number of amides is 3. The number of primary amides is 1. The monoisotopic (exact) mass is 425 g/mol. The molecule has 4 rings (SSSR count). The van der Waals surface area contributed by atoms with Gasteiger partial charge in [-0.25, -0.2) is 0 Å². The highest BCUT2D eigenvalue weighted by molar-refractivity contribution is 5.96. The number of likely N-dealkylation sites (tertiary alicyclic amines) is 1. The Kier molecular flexibility index (Phi) is 6.03. The van der Waals surface area contributed by atoms with Crippen molar-refractivity contribution in [3.8, 4) is 5.75 Å². The van der Waals surface area contributed by atoms with Gasteiger partial charge in [-0.05, 0) is 62.1 Å². The molecule has 0 aromatic heterocycles. The number of carbonyl (C=O) groups excluding carboxylic acids is 3. The molecule has 7 heteroatoms. The fourth-order valence-corrected chi connectivity index (χ4v) is 4.37. The minimum Gasteiger partial charge on any atom is -0.493 e. The van der Waals surface area contributed by atoms with Crippen LogP contribution in [0.5, 0.6) is 5.75 Å². The number of nitrogens with zero attached hydrogens (tertiary/aromatic N) is 1. The lowest BCUT2D eigenvalue weighted by atomic mass is 9.93. The molecule has 2 aliphatic carbocycles. The van der Waals surface area contributed by atoms with Crippen LogP contribution < -0.4 is 15.8 Å². The van der Waals surface area contributed by atoms with Gasteiger partial charge in [0, 0.05) is 6.54 Å². The molecule has 1 heterocycles. The van der Waals surface area contributed by atoms with Crippen LogP contribution in [0, 0.1) is 5.92 Å². The van der Waals surface area contributed by atoms with Gasteiger partial charge < -0.3 is 20.7 Å². The van der Waals surface area contributed by atoms with Crippen LogP contribution in [0.3, 0.4) is 0 Å². The SMILES string of the molecule is C=C[C@H](CC(N)=O)NC(=O)[C@@H]1CCCN1C(=O)C1(c2ccc(OCC3CC3)cc2)CC1. The molecular formula is C24H31N3O4. The van der Waals surface area contributed by atoms with Crippen molar-refractivity contribution < 1.29 is 19.1 Å². The lowest BCUT2D eigenvalue weighted by Crippen LogP contribution is -2.51. The van der Waals surface area contributed by atoms with E-state index in [2.05, 4.69) is 11.9 Å². The van der Waals surface area contributed by atoms with Crippen LogP contribution in [0.4, 0.5) is 0 Å². The number of hydrogen-bond donors (Lipinski definition) is 2. The van der Waals surface area contributed by atoms with Gasteiger partial charge in [-0.15, -0.1) is 6.58 Å². The molecule has 166 valence electrons. The minimum absolute atomic E-state index is 0.00495. The van der Waals surface area contributed by atoms with Crippen LogP contribution in [-0.4, -0.2) is 47.9 Å². The maximum Gasteiger partial charge on any atom is 0.243 e. The van der Waals surface area contributed by atoms with Crippen LogP contribution in [0.15, 0.2) is 36.9 Å². The molecule has 1 aromatic carbocycles. The van der Waals surface area contributed by atoms with Crippen molar-refractivity contribution in [2.24, 2.45) is 11.7 Å². The summed E-state index contributed by atoms with van der Waals surface area (Å²) in [4.78, 5) is 39.3. The zero-order chi connectivity index (χ0) is 22.0. The van der Waals surface area contributed by atoms with Gasteiger partial charge in [0.2, 0.25) is 17.7 Å². The van der Waals surface area contributed by atoms with Gasteiger partial charge in [-0.1, -0.05) is 18.2 Å². The van der Waals surface area contributed by atoms with E-state index in [0.29, 0.717) is 18.9 Å². The molecule has 7 nitrogen and oxygen atoms in total. The molecule has 0 unspecified atom stereocenters. The van der Waals surface area contributed by atoms with Gasteiger partial charge >= 0.3 is 0 Å². The van der Waals surface area contributed by atoms with E-state index >= 15 is 0 Å². The van der Waals surface area contributed by atoms with E-state index in [1.54, 1.807) is 4.90 Å². The third-order valence-corrected chi connectivity index (χ3v) is 6.60. The van der Waals surface area contributed by atoms with Crippen molar-refractivity contribution in [2.45, 2.75) is 62.4 Å². The third kappa shape index (κ3) is 4.75. The molecule has 1 saturated heterocycles. The maximum atomic E-state index is 13.5. The zero-order valence-electron chi connectivity index (χ0n) is 17.8. The number of carbonyl (C=O) groups is 3. The van der Waals surface area contributed by atoms with Crippen LogP contribution in [0.1, 0.15) is 50.5 Å². The molecule has 0 radical (unpaired) electrons. The summed E-state index contributed by atoms with van der Waals surface area (Å²) in [7, 11) is 0. The summed E-state index contributed by atoms with van der Waals surface area (Å²) in [5.74, 6) is 0.782. The van der Waals surface area contributed by atoms with E-state index in [0.717, 1.165) is 37.2 Å². The zero-order valence-corrected chi connectivity index (χ0v) is 17.8. The highest BCUT2D eigenvalue weighted by Gasteiger charge is 2.55. The van der Waals surface area contributed by atoms with Gasteiger partial charge in [0.05, 0.1) is 24.5 Å². The van der Waals surface area contributed by atoms with E-state index in [1.807, 2.05) is 24.3 Å². The van der Waals surface area contributed by atoms with Gasteiger partial charge in [-0.3, -0.25) is 14.4 Å². The standard InChI is InChI=1S/C24H31N3O4/c1-2-18(14-21(25)28)26-22(29)20-4-3-13-27(20)23(30)24(11-12-24)17-7-9-19(10-8-17)31-15-16-5-6-16/h2,7-10,16,18,20H,1,3-6,11-15H2,(H2,25,28)(H,26,29)/t18-,20+/m1/s1. The Morgan fingerprint density at radius 3 is 2.52 bits per heavy atom. The maximum absolute atomic E-state index is 13.5. The average Bonchev–Trinajstić information content (AvgIpc) is 3.69. The molecule has 3 aliphatic rings. The molecule has 0 spiro atoms. The quantitative estimate of drug-likeness (QED) is 0.560. The first-order valence-corrected chi connectivity index (χ1v) is 11.2. The first kappa shape index (κ1) is 21.4. The molecule has 0 bridgehead atoms. The third-order valence-electron chi connectivity index (χ3n) is 6.60. The second kappa shape index (κ2) is 8.73. The average molecular weight is 426 g/mol. The van der Waals surface area contributed by atoms with Crippen molar-refractivity contribution in [2.75, 3.05) is 13.2 Å². The van der Waals surface area contributed by atoms with Crippen molar-refractivity contribution in [3.63, 3.8) is 0 Å². The number of ether oxygens (including phenoxy) is 1. The molecule has 2 saturated carbocycles. The Morgan fingerprint density at radius 1 is 1.23 bits per heavy atom. The predicted molar refractivity (Wildman–Crippen MR) is 116 cm³/mol. The van der Waals surface area contributed by atoms with Gasteiger partial charge in [0.15, 0.2) is 0 Å². The summed E-state index contributed by atoms with van der Waals surface area (Å²) in [6.45, 7) is 4.98. The summed E-state index contributed by atoms with van der Waals surface area (Å²) in [5.41, 5.74) is 5.69. The van der Waals surface area contributed by atoms with Crippen molar-refractivity contribution in [3.05, 3.63) is 42.5 Å². The highest BCUT2D eigenvalue weighted by Crippen LogP contribution is 2.50. The van der Waals surface area contributed by atoms with E-state index < -0.39 is 23.4 Å². The molecule has 3 fully saturated rings. The first-order chi connectivity index (χ1) is 14.9. The fourth-order valence-electron chi connectivity index (χ4n) is 4.37. The van der Waals surface area contributed by atoms with Crippen LogP contribution in [0.25, 0.3) is 0 Å². The van der Waals surface area contributed by atoms with Gasteiger partial charge in [-0.2, -0.15) is 0 Å². The molecule has 1 aromatic rings. The van der Waals surface area contributed by atoms with Crippen molar-refractivity contribution in [1.29, 1.82) is 0 Å². The molecule has 3 N–H and O–H groups in total. The summed E-state index contributed by atoms with van der Waals surface area (Å²) < 4.78 is 5.81. The Labute approximate surface area is 183 Å². The van der Waals surface area contributed by atoms with E-state index in [9.17, 15) is 14.4 Å². The largest absolute Gasteiger partial charge is 0.493 e. The van der Waals surface area contributed by atoms with Crippen molar-refractivity contribution >= 4 is 17.7 Å². The fraction of sp³-hybridized carbons (Fsp3) is 0.542. The van der Waals surface area contributed by atoms with Crippen molar-refractivity contribution in [1.82, 2.24) is 10.2 Å². The van der Waals surface area contributed by atoms with E-state index in [4.69, 9.17) is 10.5 Å². The molecule has 3 amide bonds. The molecule has 31 heavy (non-hydrogen) atoms. The number of nitrogens with two attached hydrogens (primary N) is 1. The molecule has 2 atom stereocenters. The summed E-state index contributed by atoms with van der Waals surface area (Å²) in [5, 5.41) is 2.80. The highest BCUT2D eigenvalue weighted by atomic mass is 16.5. The lowest BCUT2D eigenvalue weighted by molar-refractivity contribution is -0.140. The second-order valence-electron chi connectivity index (χ2n) is 9.04. The normalized spacial score (nSPS) is 22.5. The summed E-state index contributed by atoms with van der Waals surface area (Å²) >= 11 is 0. The Bertz CT molecular complexity index is 858. The summed E-state index contributed by atoms with van der Waals surface area (Å²) in [6, 6.07) is 6.80. The lowest BCUT2D eigenvalue weighted by Gasteiger charge is -2.29. The van der Waals surface area contributed by atoms with Gasteiger partial charge in [0.25, 0.3) is 0 Å². The number of hydrogen-bond acceptors (Lipinski definition) is 4. The Hall–Kier alpha value is -2.83. The summed E-state index contributed by atoms with van der Waals surface area (Å²) in [6.07, 6.45) is 6.96. The van der Waals surface area contributed by atoms with E-state index in [1.165, 1.54) is 18.9 Å². The Morgan fingerprint density at radius 2 is 1.94 bits per heavy atom. The van der Waals surface area contributed by atoms with Crippen LogP contribution >= 0.6 is 0 Å². The van der Waals surface area contributed by atoms with Crippen LogP contribution in [0.2, 0.25) is 0 Å². The predicted octanol–water partition coefficient (Wildman–Crippen LogP) is 2.04. The molecular weight excluding hydrogens is 394 g/mol. The van der Waals surface area contributed by atoms with Crippen LogP contribution in [-0.2, 0) is 19.8 Å². The first-order valence-electron chi connectivity index (χ1n) is 11.2. The number of rotatable bonds is 10. The number of nitrogens with one attached hydrogen (secondary N) is 1. The second-order valence-corrected chi connectivity index (χ2v) is 9.04. The van der Waals surface area contributed by atoms with E-state index in [-0.39, 0.29) is 18.2 Å². The minimum atomic E-state index is -0.539. The topological polar surface area (TPSA) is 102 Å². The number of benzene rings is 1.